The molecular weight excluding hydrogens is 270 g/mol. The van der Waals surface area contributed by atoms with Gasteiger partial charge >= 0.3 is 0 Å². The molecular formula is C15H15N3O3. The Morgan fingerprint density at radius 3 is 3.00 bits per heavy atom. The molecule has 0 radical (unpaired) electrons. The fourth-order valence-electron chi connectivity index (χ4n) is 2.61. The van der Waals surface area contributed by atoms with Gasteiger partial charge in [-0.05, 0) is 24.6 Å². The zero-order chi connectivity index (χ0) is 15.0. The average molecular weight is 285 g/mol. The lowest BCUT2D eigenvalue weighted by molar-refractivity contribution is -0.136. The molecule has 108 valence electrons. The lowest BCUT2D eigenvalue weighted by atomic mass is 9.90. The third-order valence-electron chi connectivity index (χ3n) is 3.85. The minimum atomic E-state index is -0.417. The van der Waals surface area contributed by atoms with Crippen LogP contribution < -0.4 is 5.32 Å². The molecule has 1 saturated heterocycles. The second kappa shape index (κ2) is 5.12. The van der Waals surface area contributed by atoms with Crippen LogP contribution >= 0.6 is 0 Å². The molecule has 1 aromatic carbocycles. The molecule has 1 fully saturated rings. The van der Waals surface area contributed by atoms with Crippen molar-refractivity contribution in [3.05, 3.63) is 30.0 Å². The molecule has 0 bridgehead atoms. The summed E-state index contributed by atoms with van der Waals surface area (Å²) in [4.78, 5) is 35.1. The van der Waals surface area contributed by atoms with E-state index in [0.717, 1.165) is 10.9 Å². The van der Waals surface area contributed by atoms with E-state index >= 15 is 0 Å². The van der Waals surface area contributed by atoms with Crippen LogP contribution in [0.4, 0.5) is 0 Å². The van der Waals surface area contributed by atoms with Crippen molar-refractivity contribution in [3.63, 3.8) is 0 Å². The number of nitrogens with zero attached hydrogens (tertiary/aromatic N) is 2. The van der Waals surface area contributed by atoms with Crippen LogP contribution in [0.15, 0.2) is 24.4 Å². The van der Waals surface area contributed by atoms with Crippen molar-refractivity contribution < 1.29 is 14.4 Å². The predicted molar refractivity (Wildman–Crippen MR) is 75.5 cm³/mol. The molecule has 6 nitrogen and oxygen atoms in total. The number of aryl methyl sites for hydroxylation is 1. The number of hydrogen-bond acceptors (Lipinski definition) is 4. The molecule has 2 heterocycles. The maximum absolute atomic E-state index is 12.3. The first-order valence-corrected chi connectivity index (χ1v) is 6.83. The van der Waals surface area contributed by atoms with Gasteiger partial charge in [0.1, 0.15) is 0 Å². The van der Waals surface area contributed by atoms with E-state index in [1.165, 1.54) is 0 Å². The number of carbonyl (C=O) groups excluding carboxylic acids is 3. The van der Waals surface area contributed by atoms with Gasteiger partial charge in [-0.1, -0.05) is 0 Å². The van der Waals surface area contributed by atoms with Gasteiger partial charge in [-0.3, -0.25) is 24.4 Å². The molecule has 2 aromatic rings. The first-order valence-electron chi connectivity index (χ1n) is 6.83. The average Bonchev–Trinajstić information content (AvgIpc) is 2.83. The summed E-state index contributed by atoms with van der Waals surface area (Å²) in [5.74, 6) is -1.11. The minimum Gasteiger partial charge on any atom is -0.296 e. The highest BCUT2D eigenvalue weighted by molar-refractivity contribution is 6.04. The largest absolute Gasteiger partial charge is 0.296 e. The SMILES string of the molecule is Cn1ncc2cc(C(=O)CC3CCC(=O)NC3=O)ccc21. The molecule has 2 amide bonds. The number of Topliss-reactive ketones (excluding diaryl/α,β-unsaturated/α-hetero) is 1. The standard InChI is InChI=1S/C15H15N3O3/c1-18-12-4-2-9(6-11(12)8-16-18)13(19)7-10-3-5-14(20)17-15(10)21/h2,4,6,8,10H,3,5,7H2,1H3,(H,17,20,21). The van der Waals surface area contributed by atoms with Gasteiger partial charge in [-0.2, -0.15) is 5.10 Å². The highest BCUT2D eigenvalue weighted by atomic mass is 16.2. The Hall–Kier alpha value is -2.50. The molecule has 1 atom stereocenters. The van der Waals surface area contributed by atoms with Crippen LogP contribution in [-0.4, -0.2) is 27.4 Å². The second-order valence-electron chi connectivity index (χ2n) is 5.32. The van der Waals surface area contributed by atoms with Gasteiger partial charge in [0.05, 0.1) is 11.7 Å². The lowest BCUT2D eigenvalue weighted by Crippen LogP contribution is -2.41. The zero-order valence-electron chi connectivity index (χ0n) is 11.6. The molecule has 21 heavy (non-hydrogen) atoms. The molecule has 0 spiro atoms. The van der Waals surface area contributed by atoms with Gasteiger partial charge in [0.15, 0.2) is 5.78 Å². The van der Waals surface area contributed by atoms with Crippen molar-refractivity contribution in [1.29, 1.82) is 0 Å². The first-order chi connectivity index (χ1) is 10.0. The van der Waals surface area contributed by atoms with Crippen molar-refractivity contribution >= 4 is 28.5 Å². The van der Waals surface area contributed by atoms with Crippen LogP contribution in [0.2, 0.25) is 0 Å². The van der Waals surface area contributed by atoms with Gasteiger partial charge in [0, 0.05) is 36.8 Å². The van der Waals surface area contributed by atoms with Gasteiger partial charge in [0.2, 0.25) is 11.8 Å². The number of fused-ring (bicyclic) bond motifs is 1. The van der Waals surface area contributed by atoms with E-state index in [-0.39, 0.29) is 24.0 Å². The number of amides is 2. The summed E-state index contributed by atoms with van der Waals surface area (Å²) in [5.41, 5.74) is 1.52. The molecule has 1 N–H and O–H groups in total. The van der Waals surface area contributed by atoms with E-state index in [2.05, 4.69) is 10.4 Å². The molecule has 6 heteroatoms. The number of aromatic nitrogens is 2. The normalized spacial score (nSPS) is 18.8. The highest BCUT2D eigenvalue weighted by Crippen LogP contribution is 2.21. The van der Waals surface area contributed by atoms with Crippen LogP contribution in [0.3, 0.4) is 0 Å². The Morgan fingerprint density at radius 2 is 2.24 bits per heavy atom. The fourth-order valence-corrected chi connectivity index (χ4v) is 2.61. The Bertz CT molecular complexity index is 748. The van der Waals surface area contributed by atoms with E-state index in [1.54, 1.807) is 23.0 Å². The number of hydrogen-bond donors (Lipinski definition) is 1. The van der Waals surface area contributed by atoms with Crippen LogP contribution in [0.25, 0.3) is 10.9 Å². The van der Waals surface area contributed by atoms with Gasteiger partial charge in [-0.15, -0.1) is 0 Å². The summed E-state index contributed by atoms with van der Waals surface area (Å²) in [7, 11) is 1.84. The number of nitrogens with one attached hydrogen (secondary N) is 1. The summed E-state index contributed by atoms with van der Waals surface area (Å²) in [5, 5.41) is 7.31. The van der Waals surface area contributed by atoms with Crippen LogP contribution in [-0.2, 0) is 16.6 Å². The minimum absolute atomic E-state index is 0.0877. The maximum atomic E-state index is 12.3. The van der Waals surface area contributed by atoms with E-state index in [1.807, 2.05) is 13.1 Å². The Labute approximate surface area is 121 Å². The smallest absolute Gasteiger partial charge is 0.230 e. The molecule has 1 aliphatic rings. The van der Waals surface area contributed by atoms with Crippen molar-refractivity contribution in [1.82, 2.24) is 15.1 Å². The lowest BCUT2D eigenvalue weighted by Gasteiger charge is -2.19. The van der Waals surface area contributed by atoms with E-state index < -0.39 is 5.92 Å². The maximum Gasteiger partial charge on any atom is 0.230 e. The number of imide groups is 1. The van der Waals surface area contributed by atoms with Crippen LogP contribution in [0.5, 0.6) is 0 Å². The summed E-state index contributed by atoms with van der Waals surface area (Å²) in [6.07, 6.45) is 2.57. The Balaban J connectivity index is 1.77. The summed E-state index contributed by atoms with van der Waals surface area (Å²) in [6, 6.07) is 5.38. The number of rotatable bonds is 3. The van der Waals surface area contributed by atoms with E-state index in [9.17, 15) is 14.4 Å². The van der Waals surface area contributed by atoms with Crippen molar-refractivity contribution in [2.75, 3.05) is 0 Å². The Kier molecular flexibility index (Phi) is 3.29. The van der Waals surface area contributed by atoms with Gasteiger partial charge in [0.25, 0.3) is 0 Å². The summed E-state index contributed by atoms with van der Waals surface area (Å²) >= 11 is 0. The summed E-state index contributed by atoms with van der Waals surface area (Å²) < 4.78 is 1.74. The van der Waals surface area contributed by atoms with Gasteiger partial charge in [-0.25, -0.2) is 0 Å². The highest BCUT2D eigenvalue weighted by Gasteiger charge is 2.28. The monoisotopic (exact) mass is 285 g/mol. The number of benzene rings is 1. The summed E-state index contributed by atoms with van der Waals surface area (Å²) in [6.45, 7) is 0. The molecule has 0 aliphatic carbocycles. The molecule has 1 aliphatic heterocycles. The number of ketones is 1. The quantitative estimate of drug-likeness (QED) is 0.678. The zero-order valence-corrected chi connectivity index (χ0v) is 11.6. The second-order valence-corrected chi connectivity index (χ2v) is 5.32. The molecule has 1 aromatic heterocycles. The van der Waals surface area contributed by atoms with Crippen molar-refractivity contribution in [2.24, 2.45) is 13.0 Å². The third kappa shape index (κ3) is 2.56. The van der Waals surface area contributed by atoms with Gasteiger partial charge < -0.3 is 0 Å². The first kappa shape index (κ1) is 13.5. The number of piperidine rings is 1. The van der Waals surface area contributed by atoms with Crippen LogP contribution in [0.1, 0.15) is 29.6 Å². The Morgan fingerprint density at radius 1 is 1.43 bits per heavy atom. The molecule has 1 unspecified atom stereocenters. The van der Waals surface area contributed by atoms with Crippen LogP contribution in [0, 0.1) is 5.92 Å². The van der Waals surface area contributed by atoms with E-state index in [4.69, 9.17) is 0 Å². The fraction of sp³-hybridized carbons (Fsp3) is 0.333. The molecule has 0 saturated carbocycles. The van der Waals surface area contributed by atoms with Crippen molar-refractivity contribution in [2.45, 2.75) is 19.3 Å². The van der Waals surface area contributed by atoms with E-state index in [0.29, 0.717) is 18.4 Å². The molecule has 3 rings (SSSR count). The van der Waals surface area contributed by atoms with Crippen molar-refractivity contribution in [3.8, 4) is 0 Å². The topological polar surface area (TPSA) is 81.1 Å². The third-order valence-corrected chi connectivity index (χ3v) is 3.85. The number of carbonyl (C=O) groups is 3. The predicted octanol–water partition coefficient (Wildman–Crippen LogP) is 1.20.